The first kappa shape index (κ1) is 16.9. The van der Waals surface area contributed by atoms with Gasteiger partial charge in [0.1, 0.15) is 11.4 Å². The number of hydrogen-bond acceptors (Lipinski definition) is 6. The Labute approximate surface area is 145 Å². The standard InChI is InChI=1S/C17H22N4O2S/c1-17(23,14-4-9-24-11-14)12-20-16(22)13-2-7-21(8-3-13)15-10-18-5-6-19-15/h4-6,9-11,13,23H,2-3,7-8,12H2,1H3,(H,20,22). The monoisotopic (exact) mass is 346 g/mol. The van der Waals surface area contributed by atoms with Crippen molar-refractivity contribution in [3.8, 4) is 0 Å². The van der Waals surface area contributed by atoms with Crippen LogP contribution in [-0.2, 0) is 10.4 Å². The highest BCUT2D eigenvalue weighted by Crippen LogP contribution is 2.24. The van der Waals surface area contributed by atoms with E-state index in [1.54, 1.807) is 25.5 Å². The first-order chi connectivity index (χ1) is 11.6. The van der Waals surface area contributed by atoms with Crippen molar-refractivity contribution in [2.24, 2.45) is 5.92 Å². The molecule has 1 aliphatic rings. The summed E-state index contributed by atoms with van der Waals surface area (Å²) in [4.78, 5) is 22.9. The Bertz CT molecular complexity index is 652. The molecule has 0 aromatic carbocycles. The molecule has 1 fully saturated rings. The van der Waals surface area contributed by atoms with Crippen molar-refractivity contribution in [3.05, 3.63) is 41.0 Å². The van der Waals surface area contributed by atoms with E-state index in [4.69, 9.17) is 0 Å². The summed E-state index contributed by atoms with van der Waals surface area (Å²) in [5, 5.41) is 17.2. The Morgan fingerprint density at radius 2 is 2.25 bits per heavy atom. The van der Waals surface area contributed by atoms with Crippen LogP contribution in [0.2, 0.25) is 0 Å². The Morgan fingerprint density at radius 3 is 2.88 bits per heavy atom. The number of aliphatic hydroxyl groups is 1. The van der Waals surface area contributed by atoms with Crippen molar-refractivity contribution in [2.75, 3.05) is 24.5 Å². The number of rotatable bonds is 5. The molecule has 24 heavy (non-hydrogen) atoms. The maximum Gasteiger partial charge on any atom is 0.223 e. The first-order valence-corrected chi connectivity index (χ1v) is 9.04. The van der Waals surface area contributed by atoms with Crippen molar-refractivity contribution in [2.45, 2.75) is 25.4 Å². The third-order valence-electron chi connectivity index (χ3n) is 4.49. The van der Waals surface area contributed by atoms with Crippen LogP contribution in [0.25, 0.3) is 0 Å². The molecule has 0 saturated carbocycles. The average molecular weight is 346 g/mol. The van der Waals surface area contributed by atoms with Gasteiger partial charge in [0.15, 0.2) is 0 Å². The summed E-state index contributed by atoms with van der Waals surface area (Å²) in [6, 6.07) is 1.89. The van der Waals surface area contributed by atoms with Gasteiger partial charge < -0.3 is 15.3 Å². The smallest absolute Gasteiger partial charge is 0.223 e. The molecule has 6 nitrogen and oxygen atoms in total. The topological polar surface area (TPSA) is 78.4 Å². The molecule has 0 spiro atoms. The lowest BCUT2D eigenvalue weighted by Crippen LogP contribution is -2.44. The third kappa shape index (κ3) is 3.91. The van der Waals surface area contributed by atoms with Gasteiger partial charge in [-0.05, 0) is 42.2 Å². The zero-order chi connectivity index (χ0) is 17.0. The van der Waals surface area contributed by atoms with E-state index >= 15 is 0 Å². The second-order valence-electron chi connectivity index (χ2n) is 6.33. The molecule has 2 aromatic heterocycles. The fourth-order valence-electron chi connectivity index (χ4n) is 2.90. The molecule has 0 aliphatic carbocycles. The van der Waals surface area contributed by atoms with Gasteiger partial charge in [0.2, 0.25) is 5.91 Å². The second kappa shape index (κ2) is 7.27. The van der Waals surface area contributed by atoms with Gasteiger partial charge in [-0.2, -0.15) is 11.3 Å². The van der Waals surface area contributed by atoms with Crippen LogP contribution in [0, 0.1) is 5.92 Å². The maximum absolute atomic E-state index is 12.4. The third-order valence-corrected chi connectivity index (χ3v) is 5.17. The predicted molar refractivity (Wildman–Crippen MR) is 93.9 cm³/mol. The average Bonchev–Trinajstić information content (AvgIpc) is 3.16. The molecule has 1 saturated heterocycles. The normalized spacial score (nSPS) is 18.2. The summed E-state index contributed by atoms with van der Waals surface area (Å²) in [6.45, 7) is 3.54. The fourth-order valence-corrected chi connectivity index (χ4v) is 3.68. The minimum absolute atomic E-state index is 0.0174. The summed E-state index contributed by atoms with van der Waals surface area (Å²) in [6.07, 6.45) is 6.65. The molecule has 1 unspecified atom stereocenters. The van der Waals surface area contributed by atoms with E-state index in [-0.39, 0.29) is 18.4 Å². The number of carbonyl (C=O) groups is 1. The van der Waals surface area contributed by atoms with Crippen LogP contribution in [0.4, 0.5) is 5.82 Å². The van der Waals surface area contributed by atoms with Gasteiger partial charge in [-0.1, -0.05) is 0 Å². The van der Waals surface area contributed by atoms with Crippen molar-refractivity contribution >= 4 is 23.1 Å². The molecule has 3 rings (SSSR count). The number of nitrogens with one attached hydrogen (secondary N) is 1. The molecule has 3 heterocycles. The summed E-state index contributed by atoms with van der Waals surface area (Å²) in [5.41, 5.74) is -0.194. The van der Waals surface area contributed by atoms with Crippen molar-refractivity contribution in [1.29, 1.82) is 0 Å². The highest BCUT2D eigenvalue weighted by Gasteiger charge is 2.29. The Morgan fingerprint density at radius 1 is 1.46 bits per heavy atom. The van der Waals surface area contributed by atoms with Gasteiger partial charge in [0, 0.05) is 31.4 Å². The van der Waals surface area contributed by atoms with Crippen molar-refractivity contribution in [3.63, 3.8) is 0 Å². The highest BCUT2D eigenvalue weighted by molar-refractivity contribution is 7.08. The van der Waals surface area contributed by atoms with E-state index in [9.17, 15) is 9.90 Å². The Balaban J connectivity index is 1.49. The van der Waals surface area contributed by atoms with E-state index in [0.29, 0.717) is 0 Å². The van der Waals surface area contributed by atoms with Crippen LogP contribution in [-0.4, -0.2) is 40.6 Å². The van der Waals surface area contributed by atoms with E-state index in [0.717, 1.165) is 37.3 Å². The lowest BCUT2D eigenvalue weighted by Gasteiger charge is -2.32. The van der Waals surface area contributed by atoms with Gasteiger partial charge >= 0.3 is 0 Å². The molecule has 7 heteroatoms. The molecule has 1 amide bonds. The summed E-state index contributed by atoms with van der Waals surface area (Å²) < 4.78 is 0. The van der Waals surface area contributed by atoms with Gasteiger partial charge in [0.25, 0.3) is 0 Å². The van der Waals surface area contributed by atoms with Gasteiger partial charge in [-0.15, -0.1) is 0 Å². The van der Waals surface area contributed by atoms with Gasteiger partial charge in [-0.25, -0.2) is 4.98 Å². The SMILES string of the molecule is CC(O)(CNC(=O)C1CCN(c2cnccn2)CC1)c1ccsc1. The zero-order valence-corrected chi connectivity index (χ0v) is 14.5. The van der Waals surface area contributed by atoms with Crippen LogP contribution < -0.4 is 10.2 Å². The van der Waals surface area contributed by atoms with Crippen LogP contribution in [0.5, 0.6) is 0 Å². The van der Waals surface area contributed by atoms with E-state index < -0.39 is 5.60 Å². The summed E-state index contributed by atoms with van der Waals surface area (Å²) >= 11 is 1.54. The molecule has 0 bridgehead atoms. The van der Waals surface area contributed by atoms with Crippen LogP contribution in [0.1, 0.15) is 25.3 Å². The van der Waals surface area contributed by atoms with Gasteiger partial charge in [0.05, 0.1) is 12.7 Å². The molecule has 0 radical (unpaired) electrons. The van der Waals surface area contributed by atoms with Gasteiger partial charge in [-0.3, -0.25) is 9.78 Å². The number of anilines is 1. The van der Waals surface area contributed by atoms with E-state index in [1.807, 2.05) is 16.8 Å². The largest absolute Gasteiger partial charge is 0.384 e. The molecular formula is C17H22N4O2S. The minimum atomic E-state index is -1.03. The van der Waals surface area contributed by atoms with Crippen LogP contribution >= 0.6 is 11.3 Å². The van der Waals surface area contributed by atoms with Crippen LogP contribution in [0.15, 0.2) is 35.4 Å². The highest BCUT2D eigenvalue weighted by atomic mass is 32.1. The first-order valence-electron chi connectivity index (χ1n) is 8.10. The molecule has 1 aliphatic heterocycles. The number of nitrogens with zero attached hydrogens (tertiary/aromatic N) is 3. The Kier molecular flexibility index (Phi) is 5.11. The number of amides is 1. The van der Waals surface area contributed by atoms with E-state index in [1.165, 1.54) is 11.3 Å². The predicted octanol–water partition coefficient (Wildman–Crippen LogP) is 1.78. The van der Waals surface area contributed by atoms with E-state index in [2.05, 4.69) is 20.2 Å². The zero-order valence-electron chi connectivity index (χ0n) is 13.7. The van der Waals surface area contributed by atoms with Crippen molar-refractivity contribution in [1.82, 2.24) is 15.3 Å². The lowest BCUT2D eigenvalue weighted by molar-refractivity contribution is -0.126. The Hall–Kier alpha value is -1.99. The van der Waals surface area contributed by atoms with Crippen LogP contribution in [0.3, 0.4) is 0 Å². The number of hydrogen-bond donors (Lipinski definition) is 2. The molecule has 2 N–H and O–H groups in total. The summed E-state index contributed by atoms with van der Waals surface area (Å²) in [7, 11) is 0. The molecule has 1 atom stereocenters. The number of carbonyl (C=O) groups excluding carboxylic acids is 1. The fraction of sp³-hybridized carbons (Fsp3) is 0.471. The molecule has 2 aromatic rings. The maximum atomic E-state index is 12.4. The molecular weight excluding hydrogens is 324 g/mol. The van der Waals surface area contributed by atoms with Crippen molar-refractivity contribution < 1.29 is 9.90 Å². The number of aromatic nitrogens is 2. The summed E-state index contributed by atoms with van der Waals surface area (Å²) in [5.74, 6) is 0.859. The second-order valence-corrected chi connectivity index (χ2v) is 7.11. The number of thiophene rings is 1. The minimum Gasteiger partial charge on any atom is -0.384 e. The lowest BCUT2D eigenvalue weighted by atomic mass is 9.94. The molecule has 128 valence electrons. The number of piperidine rings is 1. The quantitative estimate of drug-likeness (QED) is 0.863.